The van der Waals surface area contributed by atoms with Crippen LogP contribution in [0.25, 0.3) is 0 Å². The van der Waals surface area contributed by atoms with E-state index in [1.54, 1.807) is 6.20 Å². The van der Waals surface area contributed by atoms with Gasteiger partial charge in [-0.25, -0.2) is 0 Å². The highest BCUT2D eigenvalue weighted by molar-refractivity contribution is 6.62. The first-order valence-electron chi connectivity index (χ1n) is 8.40. The maximum absolute atomic E-state index is 6.10. The Hall–Kier alpha value is -1.85. The number of nitrogens with zero attached hydrogens (tertiary/aromatic N) is 1. The monoisotopic (exact) mass is 324 g/mol. The normalized spacial score (nSPS) is 20.0. The highest BCUT2D eigenvalue weighted by atomic mass is 16.7. The highest BCUT2D eigenvalue weighted by Gasteiger charge is 2.51. The zero-order chi connectivity index (χ0) is 17.4. The van der Waals surface area contributed by atoms with Gasteiger partial charge in [0, 0.05) is 23.9 Å². The second-order valence-electron chi connectivity index (χ2n) is 7.37. The molecule has 2 heterocycles. The molecule has 0 saturated carbocycles. The van der Waals surface area contributed by atoms with E-state index in [4.69, 9.17) is 9.31 Å². The molecule has 1 unspecified atom stereocenters. The molecule has 0 radical (unpaired) electrons. The van der Waals surface area contributed by atoms with Crippen molar-refractivity contribution >= 4 is 18.3 Å². The van der Waals surface area contributed by atoms with Crippen molar-refractivity contribution in [3.05, 3.63) is 54.4 Å². The summed E-state index contributed by atoms with van der Waals surface area (Å²) in [6, 6.07) is 12.6. The largest absolute Gasteiger partial charge is 0.496 e. The van der Waals surface area contributed by atoms with Gasteiger partial charge in [-0.3, -0.25) is 4.98 Å². The van der Waals surface area contributed by atoms with Gasteiger partial charge in [0.15, 0.2) is 0 Å². The molecule has 4 nitrogen and oxygen atoms in total. The first-order chi connectivity index (χ1) is 11.3. The minimum atomic E-state index is -0.392. The quantitative estimate of drug-likeness (QED) is 0.874. The van der Waals surface area contributed by atoms with Crippen LogP contribution in [-0.2, 0) is 9.31 Å². The van der Waals surface area contributed by atoms with Crippen LogP contribution in [0.3, 0.4) is 0 Å². The average molecular weight is 324 g/mol. The lowest BCUT2D eigenvalue weighted by Crippen LogP contribution is -2.41. The van der Waals surface area contributed by atoms with Crippen LogP contribution in [0.15, 0.2) is 48.8 Å². The van der Waals surface area contributed by atoms with Gasteiger partial charge in [-0.05, 0) is 46.2 Å². The summed E-state index contributed by atoms with van der Waals surface area (Å²) in [6.07, 6.45) is 3.63. The van der Waals surface area contributed by atoms with E-state index in [0.29, 0.717) is 0 Å². The molecule has 0 bridgehead atoms. The van der Waals surface area contributed by atoms with Crippen LogP contribution in [0.2, 0.25) is 0 Å². The number of aromatic nitrogens is 1. The van der Waals surface area contributed by atoms with Gasteiger partial charge in [-0.15, -0.1) is 0 Å². The fourth-order valence-corrected chi connectivity index (χ4v) is 2.72. The Kier molecular flexibility index (Phi) is 4.41. The summed E-state index contributed by atoms with van der Waals surface area (Å²) in [7, 11) is -0.392. The molecule has 0 aliphatic carbocycles. The first kappa shape index (κ1) is 17.0. The molecule has 1 atom stereocenters. The molecule has 1 saturated heterocycles. The van der Waals surface area contributed by atoms with E-state index in [1.807, 2.05) is 24.4 Å². The molecule has 3 rings (SSSR count). The zero-order valence-electron chi connectivity index (χ0n) is 15.0. The summed E-state index contributed by atoms with van der Waals surface area (Å²) in [5.41, 5.74) is 2.42. The van der Waals surface area contributed by atoms with E-state index in [0.717, 1.165) is 11.2 Å². The van der Waals surface area contributed by atoms with Gasteiger partial charge in [-0.1, -0.05) is 30.3 Å². The third kappa shape index (κ3) is 3.33. The number of rotatable bonds is 4. The van der Waals surface area contributed by atoms with Gasteiger partial charge < -0.3 is 14.6 Å². The van der Waals surface area contributed by atoms with Gasteiger partial charge >= 0.3 is 7.12 Å². The van der Waals surface area contributed by atoms with Crippen LogP contribution in [-0.4, -0.2) is 23.3 Å². The maximum atomic E-state index is 6.10. The van der Waals surface area contributed by atoms with Crippen molar-refractivity contribution in [2.75, 3.05) is 5.32 Å². The topological polar surface area (TPSA) is 43.4 Å². The third-order valence-electron chi connectivity index (χ3n) is 4.97. The lowest BCUT2D eigenvalue weighted by atomic mass is 9.80. The Morgan fingerprint density at radius 2 is 1.62 bits per heavy atom. The number of hydrogen-bond donors (Lipinski definition) is 1. The molecule has 1 N–H and O–H groups in total. The fourth-order valence-electron chi connectivity index (χ4n) is 2.72. The fraction of sp³-hybridized carbons (Fsp3) is 0.421. The lowest BCUT2D eigenvalue weighted by molar-refractivity contribution is 0.00578. The van der Waals surface area contributed by atoms with Gasteiger partial charge in [-0.2, -0.15) is 0 Å². The van der Waals surface area contributed by atoms with Crippen molar-refractivity contribution in [2.45, 2.75) is 51.9 Å². The minimum Gasteiger partial charge on any atom is -0.399 e. The summed E-state index contributed by atoms with van der Waals surface area (Å²) in [4.78, 5) is 4.35. The van der Waals surface area contributed by atoms with Crippen molar-refractivity contribution in [1.82, 2.24) is 4.98 Å². The highest BCUT2D eigenvalue weighted by Crippen LogP contribution is 2.36. The van der Waals surface area contributed by atoms with Crippen molar-refractivity contribution < 1.29 is 9.31 Å². The Morgan fingerprint density at radius 3 is 2.25 bits per heavy atom. The minimum absolute atomic E-state index is 0.196. The molecule has 1 aliphatic rings. The van der Waals surface area contributed by atoms with Crippen molar-refractivity contribution in [1.29, 1.82) is 0 Å². The number of anilines is 1. The number of benzene rings is 1. The van der Waals surface area contributed by atoms with Crippen LogP contribution in [0, 0.1) is 0 Å². The molecular weight excluding hydrogens is 299 g/mol. The maximum Gasteiger partial charge on any atom is 0.496 e. The molecule has 1 aliphatic heterocycles. The van der Waals surface area contributed by atoms with E-state index in [2.05, 4.69) is 63.1 Å². The van der Waals surface area contributed by atoms with E-state index in [1.165, 1.54) is 5.56 Å². The van der Waals surface area contributed by atoms with E-state index in [9.17, 15) is 0 Å². The van der Waals surface area contributed by atoms with Gasteiger partial charge in [0.1, 0.15) is 0 Å². The Morgan fingerprint density at radius 1 is 1.00 bits per heavy atom. The van der Waals surface area contributed by atoms with Gasteiger partial charge in [0.2, 0.25) is 0 Å². The standard InChI is InChI=1S/C19H25BN2O2/c1-14(15-9-7-6-8-10-15)22-17-11-16(12-21-13-17)20-23-18(2,3)19(4,5)24-20/h6-14,22H,1-5H3. The molecule has 24 heavy (non-hydrogen) atoms. The predicted octanol–water partition coefficient (Wildman–Crippen LogP) is 3.55. The van der Waals surface area contributed by atoms with Gasteiger partial charge in [0.25, 0.3) is 0 Å². The summed E-state index contributed by atoms with van der Waals surface area (Å²) >= 11 is 0. The summed E-state index contributed by atoms with van der Waals surface area (Å²) < 4.78 is 12.2. The second kappa shape index (κ2) is 6.23. The van der Waals surface area contributed by atoms with Crippen molar-refractivity contribution in [3.63, 3.8) is 0 Å². The number of nitrogens with one attached hydrogen (secondary N) is 1. The summed E-state index contributed by atoms with van der Waals surface area (Å²) in [5.74, 6) is 0. The Bertz CT molecular complexity index is 688. The van der Waals surface area contributed by atoms with Crippen LogP contribution in [0.5, 0.6) is 0 Å². The number of hydrogen-bond acceptors (Lipinski definition) is 4. The molecule has 2 aromatic rings. The average Bonchev–Trinajstić information content (AvgIpc) is 2.76. The SMILES string of the molecule is CC(Nc1cncc(B2OC(C)(C)C(C)(C)O2)c1)c1ccccc1. The van der Waals surface area contributed by atoms with Crippen molar-refractivity contribution in [3.8, 4) is 0 Å². The lowest BCUT2D eigenvalue weighted by Gasteiger charge is -2.32. The molecule has 0 spiro atoms. The third-order valence-corrected chi connectivity index (χ3v) is 4.97. The molecule has 126 valence electrons. The summed E-state index contributed by atoms with van der Waals surface area (Å²) in [5, 5.41) is 3.49. The van der Waals surface area contributed by atoms with Crippen molar-refractivity contribution in [2.24, 2.45) is 0 Å². The zero-order valence-corrected chi connectivity index (χ0v) is 15.0. The van der Waals surface area contributed by atoms with Crippen LogP contribution >= 0.6 is 0 Å². The van der Waals surface area contributed by atoms with E-state index in [-0.39, 0.29) is 17.2 Å². The number of pyridine rings is 1. The predicted molar refractivity (Wildman–Crippen MR) is 98.4 cm³/mol. The summed E-state index contributed by atoms with van der Waals surface area (Å²) in [6.45, 7) is 10.4. The molecule has 1 aromatic heterocycles. The van der Waals surface area contributed by atoms with Crippen LogP contribution in [0.1, 0.15) is 46.2 Å². The second-order valence-corrected chi connectivity index (χ2v) is 7.37. The van der Waals surface area contributed by atoms with E-state index >= 15 is 0 Å². The molecule has 0 amide bonds. The molecule has 1 fully saturated rings. The van der Waals surface area contributed by atoms with Crippen LogP contribution < -0.4 is 10.8 Å². The van der Waals surface area contributed by atoms with Gasteiger partial charge in [0.05, 0.1) is 16.9 Å². The Labute approximate surface area is 144 Å². The first-order valence-corrected chi connectivity index (χ1v) is 8.40. The van der Waals surface area contributed by atoms with Crippen LogP contribution in [0.4, 0.5) is 5.69 Å². The van der Waals surface area contributed by atoms with E-state index < -0.39 is 7.12 Å². The molecular formula is C19H25BN2O2. The molecule has 5 heteroatoms. The smallest absolute Gasteiger partial charge is 0.399 e. The Balaban J connectivity index is 1.76. The molecule has 1 aromatic carbocycles.